The van der Waals surface area contributed by atoms with Crippen molar-refractivity contribution in [1.82, 2.24) is 9.88 Å². The van der Waals surface area contributed by atoms with Crippen LogP contribution in [0.15, 0.2) is 42.6 Å². The molecule has 1 aliphatic carbocycles. The van der Waals surface area contributed by atoms with E-state index < -0.39 is 0 Å². The fourth-order valence-electron chi connectivity index (χ4n) is 5.29. The van der Waals surface area contributed by atoms with E-state index >= 15 is 0 Å². The summed E-state index contributed by atoms with van der Waals surface area (Å²) in [7, 11) is 0. The minimum absolute atomic E-state index is 0.185. The summed E-state index contributed by atoms with van der Waals surface area (Å²) in [6.07, 6.45) is 9.75. The van der Waals surface area contributed by atoms with Crippen LogP contribution in [0.5, 0.6) is 5.75 Å². The first kappa shape index (κ1) is 22.0. The van der Waals surface area contributed by atoms with Crippen molar-refractivity contribution < 1.29 is 13.9 Å². The van der Waals surface area contributed by atoms with Crippen LogP contribution in [-0.4, -0.2) is 41.5 Å². The van der Waals surface area contributed by atoms with Crippen LogP contribution in [0, 0.1) is 11.7 Å². The Morgan fingerprint density at radius 2 is 2.09 bits per heavy atom. The summed E-state index contributed by atoms with van der Waals surface area (Å²) in [6.45, 7) is 2.77. The lowest BCUT2D eigenvalue weighted by molar-refractivity contribution is 0.0992. The molecule has 5 nitrogen and oxygen atoms in total. The third-order valence-corrected chi connectivity index (χ3v) is 7.40. The fraction of sp³-hybridized carbons (Fsp3) is 0.444. The van der Waals surface area contributed by atoms with Crippen LogP contribution < -0.4 is 10.5 Å². The highest BCUT2D eigenvalue weighted by Crippen LogP contribution is 2.32. The molecule has 5 rings (SSSR count). The second kappa shape index (κ2) is 9.56. The van der Waals surface area contributed by atoms with E-state index in [0.717, 1.165) is 61.0 Å². The number of nitrogens with two attached hydrogens (primary N) is 1. The largest absolute Gasteiger partial charge is 0.493 e. The molecule has 3 N–H and O–H groups in total. The maximum Gasteiger partial charge on any atom is 0.249 e. The van der Waals surface area contributed by atoms with E-state index in [-0.39, 0.29) is 11.7 Å². The van der Waals surface area contributed by atoms with E-state index in [1.54, 1.807) is 12.1 Å². The van der Waals surface area contributed by atoms with E-state index in [2.05, 4.69) is 9.88 Å². The van der Waals surface area contributed by atoms with Gasteiger partial charge in [-0.2, -0.15) is 0 Å². The number of amides is 1. The summed E-state index contributed by atoms with van der Waals surface area (Å²) in [5.41, 5.74) is 9.32. The maximum atomic E-state index is 13.7. The van der Waals surface area contributed by atoms with Gasteiger partial charge >= 0.3 is 0 Å². The van der Waals surface area contributed by atoms with Crippen molar-refractivity contribution in [2.45, 2.75) is 51.0 Å². The van der Waals surface area contributed by atoms with Gasteiger partial charge < -0.3 is 20.4 Å². The highest BCUT2D eigenvalue weighted by Gasteiger charge is 2.28. The molecular formula is C27H32FN3O2. The zero-order chi connectivity index (χ0) is 22.8. The number of benzene rings is 2. The minimum Gasteiger partial charge on any atom is -0.493 e. The number of aryl methyl sites for hydroxylation is 1. The zero-order valence-electron chi connectivity index (χ0n) is 19.0. The lowest BCUT2D eigenvalue weighted by atomic mass is 9.88. The Morgan fingerprint density at radius 3 is 2.88 bits per heavy atom. The second-order valence-corrected chi connectivity index (χ2v) is 9.54. The summed E-state index contributed by atoms with van der Waals surface area (Å²) < 4.78 is 19.7. The van der Waals surface area contributed by atoms with Gasteiger partial charge in [-0.05, 0) is 93.4 Å². The number of fused-ring (bicyclic) bond motifs is 2. The number of H-pyrrole nitrogens is 1. The number of aromatic amines is 1. The van der Waals surface area contributed by atoms with Gasteiger partial charge in [0.2, 0.25) is 5.91 Å². The Hall–Kier alpha value is -2.86. The van der Waals surface area contributed by atoms with Gasteiger partial charge in [-0.3, -0.25) is 4.79 Å². The molecule has 174 valence electrons. The van der Waals surface area contributed by atoms with Crippen LogP contribution in [0.3, 0.4) is 0 Å². The van der Waals surface area contributed by atoms with Gasteiger partial charge in [-0.15, -0.1) is 0 Å². The highest BCUT2D eigenvalue weighted by molar-refractivity contribution is 5.95. The topological polar surface area (TPSA) is 71.4 Å². The van der Waals surface area contributed by atoms with E-state index in [1.807, 2.05) is 24.4 Å². The molecule has 1 atom stereocenters. The van der Waals surface area contributed by atoms with Crippen molar-refractivity contribution in [3.05, 3.63) is 65.1 Å². The molecule has 2 heterocycles. The molecule has 0 spiro atoms. The molecule has 0 radical (unpaired) electrons. The van der Waals surface area contributed by atoms with Gasteiger partial charge in [0.15, 0.2) is 0 Å². The highest BCUT2D eigenvalue weighted by atomic mass is 19.1. The summed E-state index contributed by atoms with van der Waals surface area (Å²) in [5, 5.41) is 0.994. The number of ether oxygens (including phenoxy) is 1. The number of hydrogen-bond donors (Lipinski definition) is 2. The van der Waals surface area contributed by atoms with Crippen molar-refractivity contribution in [3.8, 4) is 5.75 Å². The lowest BCUT2D eigenvalue weighted by Gasteiger charge is -2.39. The predicted molar refractivity (Wildman–Crippen MR) is 128 cm³/mol. The van der Waals surface area contributed by atoms with Gasteiger partial charge in [-0.1, -0.05) is 12.5 Å². The first-order chi connectivity index (χ1) is 16.1. The third kappa shape index (κ3) is 4.76. The van der Waals surface area contributed by atoms with Crippen molar-refractivity contribution in [2.75, 3.05) is 19.7 Å². The van der Waals surface area contributed by atoms with Gasteiger partial charge in [0.1, 0.15) is 11.6 Å². The van der Waals surface area contributed by atoms with Crippen LogP contribution in [0.1, 0.15) is 53.6 Å². The van der Waals surface area contributed by atoms with E-state index in [0.29, 0.717) is 24.1 Å². The molecular weight excluding hydrogens is 417 g/mol. The SMILES string of the molecule is NC(=O)c1cccc2c1CC(CCN(CCCc1c[nH]c3ccc(F)cc13)C1CCC1)CO2. The molecule has 1 amide bonds. The molecule has 1 unspecified atom stereocenters. The zero-order valence-corrected chi connectivity index (χ0v) is 19.0. The van der Waals surface area contributed by atoms with Crippen LogP contribution in [0.25, 0.3) is 10.9 Å². The standard InChI is InChI=1S/C27H32FN3O2/c28-20-9-10-25-23(15-20)19(16-30-25)4-3-12-31(21-5-1-6-21)13-11-18-14-24-22(27(29)32)7-2-8-26(24)33-17-18/h2,7-10,15-16,18,21,30H,1,3-6,11-14,17H2,(H2,29,32). The molecule has 1 saturated carbocycles. The molecule has 2 aliphatic rings. The van der Waals surface area contributed by atoms with Crippen molar-refractivity contribution in [3.63, 3.8) is 0 Å². The summed E-state index contributed by atoms with van der Waals surface area (Å²) in [6, 6.07) is 11.2. The maximum absolute atomic E-state index is 13.7. The number of rotatable bonds is 9. The van der Waals surface area contributed by atoms with Gasteiger partial charge in [0.25, 0.3) is 0 Å². The Kier molecular flexibility index (Phi) is 6.36. The first-order valence-corrected chi connectivity index (χ1v) is 12.1. The van der Waals surface area contributed by atoms with Crippen molar-refractivity contribution in [1.29, 1.82) is 0 Å². The quantitative estimate of drug-likeness (QED) is 0.491. The summed E-state index contributed by atoms with van der Waals surface area (Å²) >= 11 is 0. The van der Waals surface area contributed by atoms with Crippen LogP contribution in [0.4, 0.5) is 4.39 Å². The Bertz CT molecular complexity index is 1140. The molecule has 6 heteroatoms. The number of primary amides is 1. The van der Waals surface area contributed by atoms with Crippen molar-refractivity contribution >= 4 is 16.8 Å². The number of halogens is 1. The molecule has 1 fully saturated rings. The van der Waals surface area contributed by atoms with Crippen molar-refractivity contribution in [2.24, 2.45) is 11.7 Å². The third-order valence-electron chi connectivity index (χ3n) is 7.40. The predicted octanol–water partition coefficient (Wildman–Crippen LogP) is 4.83. The lowest BCUT2D eigenvalue weighted by Crippen LogP contribution is -2.42. The Morgan fingerprint density at radius 1 is 1.21 bits per heavy atom. The molecule has 2 aromatic carbocycles. The first-order valence-electron chi connectivity index (χ1n) is 12.1. The van der Waals surface area contributed by atoms with Crippen LogP contribution >= 0.6 is 0 Å². The Labute approximate surface area is 194 Å². The smallest absolute Gasteiger partial charge is 0.249 e. The average Bonchev–Trinajstić information content (AvgIpc) is 3.17. The molecule has 33 heavy (non-hydrogen) atoms. The number of carbonyl (C=O) groups is 1. The Balaban J connectivity index is 1.18. The minimum atomic E-state index is -0.385. The average molecular weight is 450 g/mol. The second-order valence-electron chi connectivity index (χ2n) is 9.54. The number of nitrogens with zero attached hydrogens (tertiary/aromatic N) is 1. The summed E-state index contributed by atoms with van der Waals surface area (Å²) in [5.74, 6) is 0.616. The van der Waals surface area contributed by atoms with Gasteiger partial charge in [0, 0.05) is 34.3 Å². The number of aromatic nitrogens is 1. The fourth-order valence-corrected chi connectivity index (χ4v) is 5.29. The van der Waals surface area contributed by atoms with Crippen LogP contribution in [-0.2, 0) is 12.8 Å². The molecule has 1 aliphatic heterocycles. The molecule has 3 aromatic rings. The molecule has 0 saturated heterocycles. The van der Waals surface area contributed by atoms with Gasteiger partial charge in [-0.25, -0.2) is 4.39 Å². The van der Waals surface area contributed by atoms with E-state index in [9.17, 15) is 9.18 Å². The summed E-state index contributed by atoms with van der Waals surface area (Å²) in [4.78, 5) is 17.7. The van der Waals surface area contributed by atoms with Crippen LogP contribution in [0.2, 0.25) is 0 Å². The van der Waals surface area contributed by atoms with Gasteiger partial charge in [0.05, 0.1) is 6.61 Å². The normalized spacial score (nSPS) is 18.2. The molecule has 0 bridgehead atoms. The molecule has 1 aromatic heterocycles. The monoisotopic (exact) mass is 449 g/mol. The van der Waals surface area contributed by atoms with E-state index in [1.165, 1.54) is 30.9 Å². The number of hydrogen-bond acceptors (Lipinski definition) is 3. The number of carbonyl (C=O) groups excluding carboxylic acids is 1. The van der Waals surface area contributed by atoms with E-state index in [4.69, 9.17) is 10.5 Å². The number of nitrogens with one attached hydrogen (secondary N) is 1.